The first-order chi connectivity index (χ1) is 12.0. The van der Waals surface area contributed by atoms with Crippen LogP contribution in [0.25, 0.3) is 0 Å². The molecule has 0 saturated heterocycles. The Kier molecular flexibility index (Phi) is 4.67. The molecule has 3 aromatic rings. The van der Waals surface area contributed by atoms with E-state index in [0.29, 0.717) is 23.6 Å². The fourth-order valence-corrected chi connectivity index (χ4v) is 2.53. The average molecular weight is 340 g/mol. The number of aromatic nitrogens is 3. The molecule has 0 aliphatic carbocycles. The number of nitrogens with zero attached hydrogens (tertiary/aromatic N) is 3. The smallest absolute Gasteiger partial charge is 0.251 e. The van der Waals surface area contributed by atoms with E-state index in [-0.39, 0.29) is 12.5 Å². The molecule has 130 valence electrons. The molecule has 2 aromatic heterocycles. The normalized spacial score (nSPS) is 13.4. The van der Waals surface area contributed by atoms with Gasteiger partial charge in [-0.05, 0) is 37.6 Å². The third-order valence-electron chi connectivity index (χ3n) is 3.93. The van der Waals surface area contributed by atoms with Gasteiger partial charge in [-0.15, -0.1) is 0 Å². The molecule has 7 nitrogen and oxygen atoms in total. The number of amides is 1. The fraction of sp³-hybridized carbons (Fsp3) is 0.278. The maximum atomic E-state index is 12.6. The Morgan fingerprint density at radius 3 is 2.80 bits per heavy atom. The first-order valence-corrected chi connectivity index (χ1v) is 7.93. The molecule has 2 N–H and O–H groups in total. The van der Waals surface area contributed by atoms with Crippen LogP contribution in [0.3, 0.4) is 0 Å². The van der Waals surface area contributed by atoms with Crippen LogP contribution in [-0.4, -0.2) is 32.3 Å². The Morgan fingerprint density at radius 2 is 2.12 bits per heavy atom. The lowest BCUT2D eigenvalue weighted by Gasteiger charge is -2.21. The van der Waals surface area contributed by atoms with Gasteiger partial charge in [0.05, 0.1) is 13.1 Å². The van der Waals surface area contributed by atoms with Gasteiger partial charge >= 0.3 is 0 Å². The summed E-state index contributed by atoms with van der Waals surface area (Å²) in [6, 6.07) is 10.8. The van der Waals surface area contributed by atoms with Crippen LogP contribution in [0.2, 0.25) is 0 Å². The van der Waals surface area contributed by atoms with E-state index >= 15 is 0 Å². The van der Waals surface area contributed by atoms with Gasteiger partial charge in [0.2, 0.25) is 0 Å². The van der Waals surface area contributed by atoms with Crippen molar-refractivity contribution >= 4 is 5.91 Å². The summed E-state index contributed by atoms with van der Waals surface area (Å²) in [5.74, 6) is 0.861. The van der Waals surface area contributed by atoms with Crippen LogP contribution in [0.1, 0.15) is 34.4 Å². The van der Waals surface area contributed by atoms with Crippen LogP contribution in [0.5, 0.6) is 0 Å². The van der Waals surface area contributed by atoms with Gasteiger partial charge in [0.1, 0.15) is 29.8 Å². The molecule has 1 atom stereocenters. The number of nitrogens with one attached hydrogen (secondary N) is 1. The zero-order valence-corrected chi connectivity index (χ0v) is 14.1. The molecule has 0 aliphatic rings. The van der Waals surface area contributed by atoms with Crippen molar-refractivity contribution in [1.82, 2.24) is 20.1 Å². The summed E-state index contributed by atoms with van der Waals surface area (Å²) in [5.41, 5.74) is 0.0634. The topological polar surface area (TPSA) is 93.2 Å². The highest BCUT2D eigenvalue weighted by Crippen LogP contribution is 2.22. The third-order valence-corrected chi connectivity index (χ3v) is 3.93. The quantitative estimate of drug-likeness (QED) is 0.714. The Balaban J connectivity index is 1.71. The molecule has 0 saturated carbocycles. The van der Waals surface area contributed by atoms with Gasteiger partial charge in [0.25, 0.3) is 5.91 Å². The highest BCUT2D eigenvalue weighted by atomic mass is 16.4. The summed E-state index contributed by atoms with van der Waals surface area (Å²) in [6.45, 7) is 3.89. The molecule has 25 heavy (non-hydrogen) atoms. The Labute approximate surface area is 145 Å². The number of hydrogen-bond donors (Lipinski definition) is 2. The van der Waals surface area contributed by atoms with Gasteiger partial charge in [0, 0.05) is 5.56 Å². The predicted octanol–water partition coefficient (Wildman–Crippen LogP) is 1.87. The molecule has 3 rings (SSSR count). The van der Waals surface area contributed by atoms with Crippen LogP contribution in [0.4, 0.5) is 0 Å². The van der Waals surface area contributed by atoms with Crippen LogP contribution >= 0.6 is 0 Å². The summed E-state index contributed by atoms with van der Waals surface area (Å²) in [5, 5.41) is 17.4. The van der Waals surface area contributed by atoms with Gasteiger partial charge in [-0.1, -0.05) is 18.2 Å². The van der Waals surface area contributed by atoms with Gasteiger partial charge in [-0.2, -0.15) is 5.10 Å². The number of furan rings is 1. The third kappa shape index (κ3) is 3.95. The van der Waals surface area contributed by atoms with E-state index in [0.717, 1.165) is 5.56 Å². The highest BCUT2D eigenvalue weighted by molar-refractivity contribution is 5.95. The fourth-order valence-electron chi connectivity index (χ4n) is 2.53. The van der Waals surface area contributed by atoms with E-state index in [2.05, 4.69) is 15.4 Å². The summed E-state index contributed by atoms with van der Waals surface area (Å²) < 4.78 is 7.11. The molecule has 1 amide bonds. The molecule has 0 spiro atoms. The zero-order chi connectivity index (χ0) is 17.9. The lowest BCUT2D eigenvalue weighted by molar-refractivity contribution is 0.0323. The summed E-state index contributed by atoms with van der Waals surface area (Å²) in [4.78, 5) is 16.5. The van der Waals surface area contributed by atoms with E-state index in [4.69, 9.17) is 4.42 Å². The molecular weight excluding hydrogens is 320 g/mol. The maximum absolute atomic E-state index is 12.6. The molecular formula is C18H20N4O3. The number of aryl methyl sites for hydroxylation is 1. The molecule has 1 unspecified atom stereocenters. The van der Waals surface area contributed by atoms with Gasteiger partial charge in [0.15, 0.2) is 0 Å². The van der Waals surface area contributed by atoms with Gasteiger partial charge in [-0.25, -0.2) is 9.67 Å². The zero-order valence-electron chi connectivity index (χ0n) is 14.1. The summed E-state index contributed by atoms with van der Waals surface area (Å²) >= 11 is 0. The second-order valence-electron chi connectivity index (χ2n) is 6.12. The van der Waals surface area contributed by atoms with E-state index in [1.54, 1.807) is 49.1 Å². The summed E-state index contributed by atoms with van der Waals surface area (Å²) in [7, 11) is 0. The Hall–Kier alpha value is -2.93. The van der Waals surface area contributed by atoms with Crippen LogP contribution < -0.4 is 5.32 Å². The molecule has 0 bridgehead atoms. The molecule has 0 radical (unpaired) electrons. The Bertz CT molecular complexity index is 853. The number of aliphatic hydroxyl groups is 1. The minimum Gasteiger partial charge on any atom is -0.463 e. The molecule has 1 aromatic carbocycles. The number of rotatable bonds is 6. The van der Waals surface area contributed by atoms with Crippen LogP contribution in [0.15, 0.2) is 53.5 Å². The van der Waals surface area contributed by atoms with Crippen molar-refractivity contribution in [2.24, 2.45) is 0 Å². The Morgan fingerprint density at radius 1 is 1.32 bits per heavy atom. The number of carbonyl (C=O) groups excluding carboxylic acids is 1. The number of hydrogen-bond acceptors (Lipinski definition) is 5. The molecule has 7 heteroatoms. The van der Waals surface area contributed by atoms with Crippen LogP contribution in [-0.2, 0) is 12.1 Å². The lowest BCUT2D eigenvalue weighted by atomic mass is 10.0. The van der Waals surface area contributed by atoms with Crippen molar-refractivity contribution in [1.29, 1.82) is 0 Å². The number of benzene rings is 1. The van der Waals surface area contributed by atoms with Gasteiger partial charge < -0.3 is 14.8 Å². The first kappa shape index (κ1) is 16.9. The predicted molar refractivity (Wildman–Crippen MR) is 90.9 cm³/mol. The van der Waals surface area contributed by atoms with E-state index in [1.807, 2.05) is 12.1 Å². The van der Waals surface area contributed by atoms with E-state index in [9.17, 15) is 9.90 Å². The number of carbonyl (C=O) groups is 1. The SMILES string of the molecule is Cc1ccc(C(C)(O)CNC(=O)c2ccccc2Cn2cncn2)o1. The first-order valence-electron chi connectivity index (χ1n) is 7.93. The van der Waals surface area contributed by atoms with Crippen molar-refractivity contribution in [2.75, 3.05) is 6.54 Å². The van der Waals surface area contributed by atoms with E-state index < -0.39 is 5.60 Å². The average Bonchev–Trinajstić information content (AvgIpc) is 3.25. The molecule has 2 heterocycles. The highest BCUT2D eigenvalue weighted by Gasteiger charge is 2.27. The largest absolute Gasteiger partial charge is 0.463 e. The van der Waals surface area contributed by atoms with Gasteiger partial charge in [-0.3, -0.25) is 4.79 Å². The van der Waals surface area contributed by atoms with E-state index in [1.165, 1.54) is 6.33 Å². The summed E-state index contributed by atoms with van der Waals surface area (Å²) in [6.07, 6.45) is 3.05. The van der Waals surface area contributed by atoms with Crippen LogP contribution in [0, 0.1) is 6.92 Å². The monoisotopic (exact) mass is 340 g/mol. The minimum absolute atomic E-state index is 0.0381. The van der Waals surface area contributed by atoms with Crippen molar-refractivity contribution in [3.8, 4) is 0 Å². The second kappa shape index (κ2) is 6.90. The maximum Gasteiger partial charge on any atom is 0.251 e. The van der Waals surface area contributed by atoms with Crippen molar-refractivity contribution in [3.05, 3.63) is 71.7 Å². The standard InChI is InChI=1S/C18H20N4O3/c1-13-7-8-16(25-13)18(2,24)10-20-17(23)15-6-4-3-5-14(15)9-22-12-19-11-21-22/h3-8,11-12,24H,9-10H2,1-2H3,(H,20,23). The molecule has 0 fully saturated rings. The second-order valence-corrected chi connectivity index (χ2v) is 6.12. The van der Waals surface area contributed by atoms with Crippen molar-refractivity contribution in [2.45, 2.75) is 26.0 Å². The van der Waals surface area contributed by atoms with Crippen molar-refractivity contribution < 1.29 is 14.3 Å². The minimum atomic E-state index is -1.29. The van der Waals surface area contributed by atoms with Crippen molar-refractivity contribution in [3.63, 3.8) is 0 Å². The lowest BCUT2D eigenvalue weighted by Crippen LogP contribution is -2.38. The molecule has 0 aliphatic heterocycles.